The van der Waals surface area contributed by atoms with Crippen molar-refractivity contribution in [1.29, 1.82) is 0 Å². The fourth-order valence-electron chi connectivity index (χ4n) is 10.5. The zero-order chi connectivity index (χ0) is 21.7. The molecule has 0 saturated heterocycles. The van der Waals surface area contributed by atoms with Gasteiger partial charge in [0.05, 0.1) is 6.10 Å². The summed E-state index contributed by atoms with van der Waals surface area (Å²) in [5, 5.41) is 10.9. The maximum absolute atomic E-state index is 10.9. The minimum atomic E-state index is -0.120. The molecule has 0 spiro atoms. The largest absolute Gasteiger partial charge is 0.393 e. The molecule has 5 aliphatic rings. The molecule has 5 aliphatic carbocycles. The lowest BCUT2D eigenvalue weighted by Gasteiger charge is -2.70. The van der Waals surface area contributed by atoms with Gasteiger partial charge in [-0.3, -0.25) is 0 Å². The summed E-state index contributed by atoms with van der Waals surface area (Å²) in [5.74, 6) is 4.97. The summed E-state index contributed by atoms with van der Waals surface area (Å²) in [7, 11) is 0. The molecule has 0 radical (unpaired) electrons. The number of hydrogen-bond donors (Lipinski definition) is 1. The zero-order valence-corrected chi connectivity index (χ0v) is 20.9. The van der Waals surface area contributed by atoms with E-state index in [2.05, 4.69) is 54.5 Å². The monoisotopic (exact) mass is 412 g/mol. The van der Waals surface area contributed by atoms with E-state index in [-0.39, 0.29) is 11.5 Å². The summed E-state index contributed by atoms with van der Waals surface area (Å²) in [6, 6.07) is 0. The maximum Gasteiger partial charge on any atom is 0.0594 e. The van der Waals surface area contributed by atoms with Crippen LogP contribution in [0.15, 0.2) is 11.6 Å². The van der Waals surface area contributed by atoms with E-state index in [1.165, 1.54) is 51.4 Å². The van der Waals surface area contributed by atoms with Crippen LogP contribution in [0.2, 0.25) is 0 Å². The van der Waals surface area contributed by atoms with Gasteiger partial charge in [-0.25, -0.2) is 0 Å². The molecule has 0 aromatic heterocycles. The lowest BCUT2D eigenvalue weighted by Crippen LogP contribution is -2.64. The number of aliphatic hydroxyl groups excluding tert-OH is 1. The molecule has 10 atom stereocenters. The summed E-state index contributed by atoms with van der Waals surface area (Å²) >= 11 is 0. The van der Waals surface area contributed by atoms with E-state index in [9.17, 15) is 5.11 Å². The van der Waals surface area contributed by atoms with Crippen LogP contribution in [-0.2, 0) is 0 Å². The van der Waals surface area contributed by atoms with Crippen LogP contribution >= 0.6 is 0 Å². The van der Waals surface area contributed by atoms with E-state index in [1.807, 2.05) is 5.57 Å². The van der Waals surface area contributed by atoms with Crippen LogP contribution in [0.3, 0.4) is 0 Å². The molecule has 1 heteroatoms. The van der Waals surface area contributed by atoms with Gasteiger partial charge >= 0.3 is 0 Å². The summed E-state index contributed by atoms with van der Waals surface area (Å²) in [6.45, 7) is 17.9. The Bertz CT molecular complexity index is 733. The predicted molar refractivity (Wildman–Crippen MR) is 126 cm³/mol. The highest BCUT2D eigenvalue weighted by atomic mass is 16.3. The Morgan fingerprint density at radius 1 is 0.833 bits per heavy atom. The van der Waals surface area contributed by atoms with Crippen LogP contribution in [0, 0.1) is 57.2 Å². The summed E-state index contributed by atoms with van der Waals surface area (Å²) in [6.07, 6.45) is 14.7. The molecule has 5 rings (SSSR count). The molecule has 4 saturated carbocycles. The van der Waals surface area contributed by atoms with Crippen LogP contribution in [0.4, 0.5) is 0 Å². The predicted octanol–water partition coefficient (Wildman–Crippen LogP) is 7.63. The van der Waals surface area contributed by atoms with Crippen molar-refractivity contribution in [1.82, 2.24) is 0 Å². The van der Waals surface area contributed by atoms with Crippen molar-refractivity contribution in [2.24, 2.45) is 57.2 Å². The Labute approximate surface area is 186 Å². The Balaban J connectivity index is 1.57. The summed E-state index contributed by atoms with van der Waals surface area (Å²) in [4.78, 5) is 0. The van der Waals surface area contributed by atoms with Crippen molar-refractivity contribution in [2.75, 3.05) is 0 Å². The average molecular weight is 413 g/mol. The summed E-state index contributed by atoms with van der Waals surface area (Å²) < 4.78 is 0. The third-order valence-corrected chi connectivity index (χ3v) is 12.8. The van der Waals surface area contributed by atoms with Gasteiger partial charge in [-0.1, -0.05) is 66.5 Å². The molecule has 0 bridgehead atoms. The zero-order valence-electron chi connectivity index (χ0n) is 20.9. The van der Waals surface area contributed by atoms with Crippen LogP contribution in [0.1, 0.15) is 106 Å². The Hall–Kier alpha value is -0.300. The molecule has 30 heavy (non-hydrogen) atoms. The van der Waals surface area contributed by atoms with Crippen molar-refractivity contribution in [3.05, 3.63) is 11.6 Å². The van der Waals surface area contributed by atoms with Crippen molar-refractivity contribution in [3.8, 4) is 0 Å². The average Bonchev–Trinajstić information content (AvgIpc) is 2.68. The second kappa shape index (κ2) is 6.61. The second-order valence-electron chi connectivity index (χ2n) is 13.9. The van der Waals surface area contributed by atoms with E-state index in [0.717, 1.165) is 36.0 Å². The lowest BCUT2D eigenvalue weighted by atomic mass is 9.34. The van der Waals surface area contributed by atoms with E-state index in [1.54, 1.807) is 0 Å². The summed E-state index contributed by atoms with van der Waals surface area (Å²) in [5.41, 5.74) is 3.14. The number of rotatable bonds is 0. The molecule has 1 N–H and O–H groups in total. The van der Waals surface area contributed by atoms with Gasteiger partial charge in [0.2, 0.25) is 0 Å². The molecule has 0 aliphatic heterocycles. The molecule has 170 valence electrons. The SMILES string of the molecule is C[C@@H]1[C@H]2C3=CC[C@@H]4[C@@]5(C)CC[C@H](O)C(C)(C)C5CC[C@@]4(C)[C@]3(C)CC[C@H]2CC[C@H]1C. The van der Waals surface area contributed by atoms with Gasteiger partial charge in [-0.15, -0.1) is 0 Å². The lowest BCUT2D eigenvalue weighted by molar-refractivity contribution is -0.200. The molecule has 4 fully saturated rings. The normalized spacial score (nSPS) is 57.3. The molecule has 1 nitrogen and oxygen atoms in total. The van der Waals surface area contributed by atoms with Gasteiger partial charge in [0.1, 0.15) is 0 Å². The topological polar surface area (TPSA) is 20.2 Å². The fraction of sp³-hybridized carbons (Fsp3) is 0.931. The Morgan fingerprint density at radius 2 is 1.57 bits per heavy atom. The molecule has 0 heterocycles. The molecule has 0 amide bonds. The van der Waals surface area contributed by atoms with Crippen LogP contribution in [-0.4, -0.2) is 11.2 Å². The van der Waals surface area contributed by atoms with Crippen LogP contribution in [0.25, 0.3) is 0 Å². The van der Waals surface area contributed by atoms with E-state index >= 15 is 0 Å². The van der Waals surface area contributed by atoms with E-state index < -0.39 is 0 Å². The number of aliphatic hydroxyl groups is 1. The highest BCUT2D eigenvalue weighted by molar-refractivity contribution is 5.32. The van der Waals surface area contributed by atoms with Gasteiger partial charge < -0.3 is 5.11 Å². The second-order valence-corrected chi connectivity index (χ2v) is 13.9. The van der Waals surface area contributed by atoms with Crippen molar-refractivity contribution >= 4 is 0 Å². The van der Waals surface area contributed by atoms with Gasteiger partial charge in [-0.2, -0.15) is 0 Å². The quantitative estimate of drug-likeness (QED) is 0.405. The van der Waals surface area contributed by atoms with Crippen molar-refractivity contribution in [3.63, 3.8) is 0 Å². The first-order valence-electron chi connectivity index (χ1n) is 13.4. The molecule has 0 aromatic carbocycles. The van der Waals surface area contributed by atoms with Gasteiger partial charge in [-0.05, 0) is 109 Å². The Morgan fingerprint density at radius 3 is 2.30 bits per heavy atom. The molecular weight excluding hydrogens is 364 g/mol. The van der Waals surface area contributed by atoms with Crippen LogP contribution in [0.5, 0.6) is 0 Å². The highest BCUT2D eigenvalue weighted by Crippen LogP contribution is 2.74. The number of hydrogen-bond acceptors (Lipinski definition) is 1. The molecule has 0 aromatic rings. The van der Waals surface area contributed by atoms with Crippen molar-refractivity contribution < 1.29 is 5.11 Å². The van der Waals surface area contributed by atoms with Crippen molar-refractivity contribution in [2.45, 2.75) is 112 Å². The number of allylic oxidation sites excluding steroid dienone is 2. The molecular formula is C29H48O. The first-order valence-corrected chi connectivity index (χ1v) is 13.4. The third-order valence-electron chi connectivity index (χ3n) is 12.8. The third kappa shape index (κ3) is 2.51. The first kappa shape index (κ1) is 21.5. The number of fused-ring (bicyclic) bond motifs is 7. The smallest absolute Gasteiger partial charge is 0.0594 e. The Kier molecular flexibility index (Phi) is 4.75. The van der Waals surface area contributed by atoms with Gasteiger partial charge in [0.15, 0.2) is 0 Å². The highest BCUT2D eigenvalue weighted by Gasteiger charge is 2.66. The minimum Gasteiger partial charge on any atom is -0.393 e. The molecule has 1 unspecified atom stereocenters. The van der Waals surface area contributed by atoms with Crippen LogP contribution < -0.4 is 0 Å². The van der Waals surface area contributed by atoms with Gasteiger partial charge in [0.25, 0.3) is 0 Å². The van der Waals surface area contributed by atoms with E-state index in [4.69, 9.17) is 0 Å². The van der Waals surface area contributed by atoms with Gasteiger partial charge in [0, 0.05) is 0 Å². The minimum absolute atomic E-state index is 0.0597. The van der Waals surface area contributed by atoms with E-state index in [0.29, 0.717) is 22.2 Å². The fourth-order valence-corrected chi connectivity index (χ4v) is 10.5. The standard InChI is InChI=1S/C29H48O/c1-18-8-9-20-12-16-28(6)21(25(20)19(18)2)10-11-23-27(5)15-14-24(30)26(3,4)22(27)13-17-29(23,28)7/h10,18-20,22-25,30H,8-9,11-17H2,1-7H3/t18-,19+,20-,22?,23-,24+,25-,27+,28-,29-/m1/s1. The maximum atomic E-state index is 10.9. The first-order chi connectivity index (χ1) is 14.0.